The minimum atomic E-state index is -0.0659. The molecule has 0 bridgehead atoms. The first-order chi connectivity index (χ1) is 10.1. The monoisotopic (exact) mass is 287 g/mol. The summed E-state index contributed by atoms with van der Waals surface area (Å²) in [6, 6.07) is 5.80. The van der Waals surface area contributed by atoms with E-state index in [1.54, 1.807) is 0 Å². The summed E-state index contributed by atoms with van der Waals surface area (Å²) >= 11 is 0. The van der Waals surface area contributed by atoms with Crippen LogP contribution in [0.4, 0.5) is 0 Å². The van der Waals surface area contributed by atoms with Crippen LogP contribution in [0.3, 0.4) is 0 Å². The van der Waals surface area contributed by atoms with Gasteiger partial charge in [-0.2, -0.15) is 0 Å². The zero-order valence-electron chi connectivity index (χ0n) is 12.3. The average molecular weight is 287 g/mol. The van der Waals surface area contributed by atoms with Crippen LogP contribution in [0.2, 0.25) is 0 Å². The molecule has 1 fully saturated rings. The Bertz CT molecular complexity index is 571. The zero-order chi connectivity index (χ0) is 14.8. The van der Waals surface area contributed by atoms with Gasteiger partial charge in [0, 0.05) is 44.2 Å². The van der Waals surface area contributed by atoms with Gasteiger partial charge < -0.3 is 15.5 Å². The normalized spacial score (nSPS) is 18.7. The zero-order valence-corrected chi connectivity index (χ0v) is 12.3. The molecule has 0 aromatic heterocycles. The number of hydrogen-bond acceptors (Lipinski definition) is 3. The van der Waals surface area contributed by atoms with E-state index in [0.717, 1.165) is 26.1 Å². The highest BCUT2D eigenvalue weighted by Crippen LogP contribution is 2.17. The topological polar surface area (TPSA) is 61.4 Å². The highest BCUT2D eigenvalue weighted by molar-refractivity contribution is 5.94. The molecule has 0 aliphatic carbocycles. The van der Waals surface area contributed by atoms with E-state index in [0.29, 0.717) is 18.5 Å². The highest BCUT2D eigenvalue weighted by atomic mass is 16.2. The number of carbonyl (C=O) groups is 2. The Labute approximate surface area is 124 Å². The number of likely N-dealkylation sites (tertiary alicyclic amines) is 1. The molecule has 2 heterocycles. The second-order valence-electron chi connectivity index (χ2n) is 5.90. The Morgan fingerprint density at radius 2 is 2.19 bits per heavy atom. The number of benzene rings is 1. The standard InChI is InChI=1S/C16H21N3O2/c1-11(10-19-6-2-3-15(19)20)18-16(21)12-4-5-13-8-17-9-14(13)7-12/h4-5,7,11,17H,2-3,6,8-10H2,1H3,(H,18,21). The summed E-state index contributed by atoms with van der Waals surface area (Å²) in [7, 11) is 0. The summed E-state index contributed by atoms with van der Waals surface area (Å²) in [6.07, 6.45) is 1.57. The van der Waals surface area contributed by atoms with Crippen LogP contribution >= 0.6 is 0 Å². The molecule has 5 heteroatoms. The molecule has 0 radical (unpaired) electrons. The van der Waals surface area contributed by atoms with Crippen molar-refractivity contribution in [1.82, 2.24) is 15.5 Å². The smallest absolute Gasteiger partial charge is 0.251 e. The Kier molecular flexibility index (Phi) is 3.92. The Morgan fingerprint density at radius 1 is 1.38 bits per heavy atom. The van der Waals surface area contributed by atoms with Gasteiger partial charge in [0.2, 0.25) is 5.91 Å². The predicted octanol–water partition coefficient (Wildman–Crippen LogP) is 1.03. The summed E-state index contributed by atoms with van der Waals surface area (Å²) < 4.78 is 0. The minimum absolute atomic E-state index is 0.0362. The van der Waals surface area contributed by atoms with Crippen LogP contribution in [0, 0.1) is 0 Å². The van der Waals surface area contributed by atoms with Crippen molar-refractivity contribution < 1.29 is 9.59 Å². The maximum atomic E-state index is 12.3. The molecule has 2 amide bonds. The van der Waals surface area contributed by atoms with Gasteiger partial charge in [-0.3, -0.25) is 9.59 Å². The third kappa shape index (κ3) is 3.08. The first kappa shape index (κ1) is 14.1. The second-order valence-corrected chi connectivity index (χ2v) is 5.90. The fourth-order valence-electron chi connectivity index (χ4n) is 3.02. The van der Waals surface area contributed by atoms with Gasteiger partial charge >= 0.3 is 0 Å². The molecule has 1 aromatic rings. The van der Waals surface area contributed by atoms with E-state index in [1.165, 1.54) is 11.1 Å². The molecule has 1 atom stereocenters. The molecule has 1 aromatic carbocycles. The fourth-order valence-corrected chi connectivity index (χ4v) is 3.02. The average Bonchev–Trinajstić information content (AvgIpc) is 3.07. The lowest BCUT2D eigenvalue weighted by Gasteiger charge is -2.21. The van der Waals surface area contributed by atoms with E-state index in [4.69, 9.17) is 0 Å². The van der Waals surface area contributed by atoms with Crippen LogP contribution < -0.4 is 10.6 Å². The highest BCUT2D eigenvalue weighted by Gasteiger charge is 2.22. The van der Waals surface area contributed by atoms with Gasteiger partial charge in [0.25, 0.3) is 5.91 Å². The molecule has 1 saturated heterocycles. The van der Waals surface area contributed by atoms with Crippen LogP contribution in [0.15, 0.2) is 18.2 Å². The van der Waals surface area contributed by atoms with Gasteiger partial charge in [-0.25, -0.2) is 0 Å². The van der Waals surface area contributed by atoms with E-state index < -0.39 is 0 Å². The van der Waals surface area contributed by atoms with Crippen LogP contribution in [0.25, 0.3) is 0 Å². The molecule has 2 N–H and O–H groups in total. The third-order valence-corrected chi connectivity index (χ3v) is 4.14. The first-order valence-electron chi connectivity index (χ1n) is 7.54. The van der Waals surface area contributed by atoms with Crippen molar-refractivity contribution in [3.8, 4) is 0 Å². The molecule has 112 valence electrons. The molecule has 0 saturated carbocycles. The summed E-state index contributed by atoms with van der Waals surface area (Å²) in [5, 5.41) is 6.25. The van der Waals surface area contributed by atoms with Crippen LogP contribution in [-0.2, 0) is 17.9 Å². The summed E-state index contributed by atoms with van der Waals surface area (Å²) in [4.78, 5) is 25.7. The molecule has 5 nitrogen and oxygen atoms in total. The molecule has 2 aliphatic heterocycles. The van der Waals surface area contributed by atoms with Gasteiger partial charge in [-0.1, -0.05) is 6.07 Å². The van der Waals surface area contributed by atoms with Crippen molar-refractivity contribution in [3.05, 3.63) is 34.9 Å². The van der Waals surface area contributed by atoms with Gasteiger partial charge in [0.1, 0.15) is 0 Å². The number of nitrogens with one attached hydrogen (secondary N) is 2. The predicted molar refractivity (Wildman–Crippen MR) is 79.7 cm³/mol. The largest absolute Gasteiger partial charge is 0.348 e. The van der Waals surface area contributed by atoms with Crippen LogP contribution in [-0.4, -0.2) is 35.8 Å². The van der Waals surface area contributed by atoms with Gasteiger partial charge in [0.15, 0.2) is 0 Å². The van der Waals surface area contributed by atoms with Crippen molar-refractivity contribution in [2.45, 2.75) is 38.9 Å². The van der Waals surface area contributed by atoms with Gasteiger partial charge in [-0.15, -0.1) is 0 Å². The maximum absolute atomic E-state index is 12.3. The number of fused-ring (bicyclic) bond motifs is 1. The van der Waals surface area contributed by atoms with E-state index in [9.17, 15) is 9.59 Å². The Hall–Kier alpha value is -1.88. The molecular weight excluding hydrogens is 266 g/mol. The van der Waals surface area contributed by atoms with E-state index in [-0.39, 0.29) is 17.9 Å². The molecule has 21 heavy (non-hydrogen) atoms. The summed E-state index contributed by atoms with van der Waals surface area (Å²) in [5.74, 6) is 0.128. The first-order valence-corrected chi connectivity index (χ1v) is 7.54. The number of nitrogens with zero attached hydrogens (tertiary/aromatic N) is 1. The summed E-state index contributed by atoms with van der Waals surface area (Å²) in [6.45, 7) is 5.05. The van der Waals surface area contributed by atoms with Crippen molar-refractivity contribution in [3.63, 3.8) is 0 Å². The van der Waals surface area contributed by atoms with Gasteiger partial charge in [-0.05, 0) is 36.6 Å². The lowest BCUT2D eigenvalue weighted by atomic mass is 10.1. The van der Waals surface area contributed by atoms with Crippen molar-refractivity contribution in [2.24, 2.45) is 0 Å². The number of hydrogen-bond donors (Lipinski definition) is 2. The van der Waals surface area contributed by atoms with E-state index >= 15 is 0 Å². The lowest BCUT2D eigenvalue weighted by molar-refractivity contribution is -0.127. The summed E-state index contributed by atoms with van der Waals surface area (Å²) in [5.41, 5.74) is 3.16. The second kappa shape index (κ2) is 5.85. The molecule has 0 spiro atoms. The molecule has 3 rings (SSSR count). The quantitative estimate of drug-likeness (QED) is 0.869. The third-order valence-electron chi connectivity index (χ3n) is 4.14. The van der Waals surface area contributed by atoms with E-state index in [1.807, 2.05) is 30.0 Å². The maximum Gasteiger partial charge on any atom is 0.251 e. The van der Waals surface area contributed by atoms with Gasteiger partial charge in [0.05, 0.1) is 0 Å². The number of rotatable bonds is 4. The van der Waals surface area contributed by atoms with Crippen LogP contribution in [0.1, 0.15) is 41.3 Å². The van der Waals surface area contributed by atoms with Crippen molar-refractivity contribution in [1.29, 1.82) is 0 Å². The Balaban J connectivity index is 1.59. The number of carbonyl (C=O) groups excluding carboxylic acids is 2. The molecule has 2 aliphatic rings. The number of amides is 2. The van der Waals surface area contributed by atoms with Crippen LogP contribution in [0.5, 0.6) is 0 Å². The molecular formula is C16H21N3O2. The van der Waals surface area contributed by atoms with Crippen molar-refractivity contribution in [2.75, 3.05) is 13.1 Å². The minimum Gasteiger partial charge on any atom is -0.348 e. The fraction of sp³-hybridized carbons (Fsp3) is 0.500. The molecule has 1 unspecified atom stereocenters. The lowest BCUT2D eigenvalue weighted by Crippen LogP contribution is -2.42. The van der Waals surface area contributed by atoms with Crippen molar-refractivity contribution >= 4 is 11.8 Å². The van der Waals surface area contributed by atoms with E-state index in [2.05, 4.69) is 10.6 Å². The Morgan fingerprint density at radius 3 is 2.95 bits per heavy atom. The SMILES string of the molecule is CC(CN1CCCC1=O)NC(=O)c1ccc2c(c1)CNC2.